The molecule has 102 valence electrons. The van der Waals surface area contributed by atoms with Gasteiger partial charge in [0, 0.05) is 24.6 Å². The van der Waals surface area contributed by atoms with Crippen LogP contribution in [0.2, 0.25) is 0 Å². The van der Waals surface area contributed by atoms with E-state index >= 15 is 0 Å². The number of rotatable bonds is 7. The van der Waals surface area contributed by atoms with Gasteiger partial charge in [0.15, 0.2) is 5.78 Å². The molecule has 1 fully saturated rings. The van der Waals surface area contributed by atoms with Crippen molar-refractivity contribution in [2.24, 2.45) is 0 Å². The van der Waals surface area contributed by atoms with Crippen LogP contribution < -0.4 is 5.32 Å². The van der Waals surface area contributed by atoms with E-state index in [1.54, 1.807) is 0 Å². The van der Waals surface area contributed by atoms with Crippen LogP contribution in [0.1, 0.15) is 29.6 Å². The molecule has 0 radical (unpaired) electrons. The van der Waals surface area contributed by atoms with Gasteiger partial charge in [0.1, 0.15) is 0 Å². The van der Waals surface area contributed by atoms with Crippen LogP contribution >= 0.6 is 0 Å². The summed E-state index contributed by atoms with van der Waals surface area (Å²) in [6.45, 7) is 0.963. The lowest BCUT2D eigenvalue weighted by Gasteiger charge is -2.15. The van der Waals surface area contributed by atoms with Crippen molar-refractivity contribution in [1.82, 2.24) is 10.2 Å². The Labute approximate surface area is 113 Å². The molecule has 4 heteroatoms. The molecule has 2 rings (SSSR count). The highest BCUT2D eigenvalue weighted by molar-refractivity contribution is 5.96. The number of nitrogens with one attached hydrogen (secondary N) is 1. The summed E-state index contributed by atoms with van der Waals surface area (Å²) in [6.07, 6.45) is 2.64. The standard InChI is InChI=1S/C15H20N2O2/c1-17(11-15(19)16-13-7-8-13)10-9-14(18)12-5-3-2-4-6-12/h2-6,13H,7-11H2,1H3,(H,16,19). The Balaban J connectivity index is 1.69. The molecule has 1 aromatic carbocycles. The number of hydrogen-bond acceptors (Lipinski definition) is 3. The topological polar surface area (TPSA) is 49.4 Å². The van der Waals surface area contributed by atoms with Crippen molar-refractivity contribution in [3.8, 4) is 0 Å². The average Bonchev–Trinajstić information content (AvgIpc) is 3.20. The van der Waals surface area contributed by atoms with Crippen LogP contribution in [-0.2, 0) is 4.79 Å². The second kappa shape index (κ2) is 6.48. The third-order valence-electron chi connectivity index (χ3n) is 3.17. The summed E-state index contributed by atoms with van der Waals surface area (Å²) in [7, 11) is 1.87. The number of amides is 1. The number of hydrogen-bond donors (Lipinski definition) is 1. The Morgan fingerprint density at radius 1 is 1.26 bits per heavy atom. The van der Waals surface area contributed by atoms with Crippen LogP contribution in [0.5, 0.6) is 0 Å². The summed E-state index contributed by atoms with van der Waals surface area (Å²) in [6, 6.07) is 9.65. The number of likely N-dealkylation sites (N-methyl/N-ethyl adjacent to an activating group) is 1. The fourth-order valence-electron chi connectivity index (χ4n) is 1.89. The first-order valence-corrected chi connectivity index (χ1v) is 6.71. The van der Waals surface area contributed by atoms with Gasteiger partial charge >= 0.3 is 0 Å². The second-order valence-corrected chi connectivity index (χ2v) is 5.12. The minimum Gasteiger partial charge on any atom is -0.352 e. The van der Waals surface area contributed by atoms with Gasteiger partial charge in [-0.1, -0.05) is 30.3 Å². The van der Waals surface area contributed by atoms with Gasteiger partial charge in [0.2, 0.25) is 5.91 Å². The predicted molar refractivity (Wildman–Crippen MR) is 74.1 cm³/mol. The Kier molecular flexibility index (Phi) is 4.68. The summed E-state index contributed by atoms with van der Waals surface area (Å²) in [4.78, 5) is 25.4. The number of carbonyl (C=O) groups is 2. The molecule has 1 aliphatic rings. The summed E-state index contributed by atoms with van der Waals surface area (Å²) < 4.78 is 0. The number of nitrogens with zero attached hydrogens (tertiary/aromatic N) is 1. The molecule has 0 atom stereocenters. The minimum absolute atomic E-state index is 0.0529. The molecule has 0 bridgehead atoms. The summed E-state index contributed by atoms with van der Waals surface area (Å²) in [5.41, 5.74) is 0.735. The molecule has 1 aliphatic carbocycles. The SMILES string of the molecule is CN(CCC(=O)c1ccccc1)CC(=O)NC1CC1. The Morgan fingerprint density at radius 3 is 2.58 bits per heavy atom. The van der Waals surface area contributed by atoms with Gasteiger partial charge in [-0.2, -0.15) is 0 Å². The van der Waals surface area contributed by atoms with Gasteiger partial charge in [-0.3, -0.25) is 14.5 Å². The van der Waals surface area contributed by atoms with Crippen molar-refractivity contribution < 1.29 is 9.59 Å². The van der Waals surface area contributed by atoms with Crippen molar-refractivity contribution in [1.29, 1.82) is 0 Å². The van der Waals surface area contributed by atoms with E-state index in [1.807, 2.05) is 42.3 Å². The highest BCUT2D eigenvalue weighted by Crippen LogP contribution is 2.18. The molecule has 0 aliphatic heterocycles. The molecule has 0 saturated heterocycles. The fraction of sp³-hybridized carbons (Fsp3) is 0.467. The number of ketones is 1. The first-order valence-electron chi connectivity index (χ1n) is 6.71. The van der Waals surface area contributed by atoms with Crippen molar-refractivity contribution in [3.63, 3.8) is 0 Å². The average molecular weight is 260 g/mol. The number of carbonyl (C=O) groups excluding carboxylic acids is 2. The highest BCUT2D eigenvalue weighted by atomic mass is 16.2. The van der Waals surface area contributed by atoms with Crippen molar-refractivity contribution in [2.75, 3.05) is 20.1 Å². The lowest BCUT2D eigenvalue weighted by atomic mass is 10.1. The fourth-order valence-corrected chi connectivity index (χ4v) is 1.89. The van der Waals surface area contributed by atoms with E-state index in [0.717, 1.165) is 18.4 Å². The predicted octanol–water partition coefficient (Wildman–Crippen LogP) is 1.47. The summed E-state index contributed by atoms with van der Waals surface area (Å²) >= 11 is 0. The number of benzene rings is 1. The van der Waals surface area contributed by atoms with E-state index in [2.05, 4.69) is 5.32 Å². The zero-order chi connectivity index (χ0) is 13.7. The molecule has 1 N–H and O–H groups in total. The van der Waals surface area contributed by atoms with Crippen LogP contribution in [0, 0.1) is 0 Å². The molecule has 1 saturated carbocycles. The molecule has 0 heterocycles. The van der Waals surface area contributed by atoms with E-state index in [9.17, 15) is 9.59 Å². The largest absolute Gasteiger partial charge is 0.352 e. The number of Topliss-reactive ketones (excluding diaryl/α,β-unsaturated/α-hetero) is 1. The summed E-state index contributed by atoms with van der Waals surface area (Å²) in [5, 5.41) is 2.94. The van der Waals surface area contributed by atoms with Crippen molar-refractivity contribution in [3.05, 3.63) is 35.9 Å². The van der Waals surface area contributed by atoms with Crippen molar-refractivity contribution >= 4 is 11.7 Å². The minimum atomic E-state index is 0.0529. The molecule has 0 unspecified atom stereocenters. The van der Waals surface area contributed by atoms with E-state index in [0.29, 0.717) is 25.6 Å². The maximum Gasteiger partial charge on any atom is 0.234 e. The lowest BCUT2D eigenvalue weighted by Crippen LogP contribution is -2.37. The monoisotopic (exact) mass is 260 g/mol. The first-order chi connectivity index (χ1) is 9.15. The van der Waals surface area contributed by atoms with E-state index in [-0.39, 0.29) is 11.7 Å². The quantitative estimate of drug-likeness (QED) is 0.755. The Morgan fingerprint density at radius 2 is 1.95 bits per heavy atom. The second-order valence-electron chi connectivity index (χ2n) is 5.12. The first kappa shape index (κ1) is 13.7. The zero-order valence-electron chi connectivity index (χ0n) is 11.3. The van der Waals surface area contributed by atoms with Crippen LogP contribution in [0.25, 0.3) is 0 Å². The van der Waals surface area contributed by atoms with Crippen LogP contribution in [0.15, 0.2) is 30.3 Å². The Hall–Kier alpha value is -1.68. The molecule has 0 aromatic heterocycles. The third-order valence-corrected chi connectivity index (χ3v) is 3.17. The van der Waals surface area contributed by atoms with Crippen LogP contribution in [0.4, 0.5) is 0 Å². The molecule has 4 nitrogen and oxygen atoms in total. The van der Waals surface area contributed by atoms with Gasteiger partial charge in [0.05, 0.1) is 6.54 Å². The van der Waals surface area contributed by atoms with Gasteiger partial charge < -0.3 is 5.32 Å². The molecular formula is C15H20N2O2. The highest BCUT2D eigenvalue weighted by Gasteiger charge is 2.23. The Bertz CT molecular complexity index is 441. The van der Waals surface area contributed by atoms with Gasteiger partial charge in [-0.15, -0.1) is 0 Å². The molecular weight excluding hydrogens is 240 g/mol. The zero-order valence-corrected chi connectivity index (χ0v) is 11.3. The molecule has 0 spiro atoms. The van der Waals surface area contributed by atoms with Gasteiger partial charge in [-0.05, 0) is 19.9 Å². The third kappa shape index (κ3) is 4.83. The maximum absolute atomic E-state index is 11.9. The van der Waals surface area contributed by atoms with E-state index in [4.69, 9.17) is 0 Å². The van der Waals surface area contributed by atoms with Crippen LogP contribution in [0.3, 0.4) is 0 Å². The molecule has 1 amide bonds. The van der Waals surface area contributed by atoms with Crippen molar-refractivity contribution in [2.45, 2.75) is 25.3 Å². The van der Waals surface area contributed by atoms with Gasteiger partial charge in [0.25, 0.3) is 0 Å². The summed E-state index contributed by atoms with van der Waals surface area (Å²) in [5.74, 6) is 0.173. The van der Waals surface area contributed by atoms with Crippen LogP contribution in [-0.4, -0.2) is 42.8 Å². The van der Waals surface area contributed by atoms with Gasteiger partial charge in [-0.25, -0.2) is 0 Å². The van der Waals surface area contributed by atoms with E-state index < -0.39 is 0 Å². The molecule has 1 aromatic rings. The van der Waals surface area contributed by atoms with E-state index in [1.165, 1.54) is 0 Å². The lowest BCUT2D eigenvalue weighted by molar-refractivity contribution is -0.122. The smallest absolute Gasteiger partial charge is 0.234 e. The molecule has 19 heavy (non-hydrogen) atoms. The normalized spacial score (nSPS) is 14.4. The maximum atomic E-state index is 11.9.